The van der Waals surface area contributed by atoms with Crippen LogP contribution >= 0.6 is 40.3 Å². The largest absolute Gasteiger partial charge is 0.508 e. The minimum Gasteiger partial charge on any atom is -0.508 e. The smallest absolute Gasteiger partial charge is 0.338 e. The van der Waals surface area contributed by atoms with Crippen LogP contribution in [-0.2, 0) is 16.3 Å². The van der Waals surface area contributed by atoms with E-state index in [1.807, 2.05) is 0 Å². The van der Waals surface area contributed by atoms with Crippen LogP contribution in [0.2, 0.25) is 0 Å². The molecule has 0 bridgehead atoms. The molecule has 6 nitrogen and oxygen atoms in total. The molecule has 3 aromatic carbocycles. The number of aromatic hydroxyl groups is 1. The Labute approximate surface area is 201 Å². The van der Waals surface area contributed by atoms with Crippen LogP contribution in [0, 0.1) is 5.82 Å². The molecule has 10 heteroatoms. The highest BCUT2D eigenvalue weighted by Gasteiger charge is 2.24. The molecule has 0 spiro atoms. The maximum Gasteiger partial charge on any atom is 0.338 e. The van der Waals surface area contributed by atoms with E-state index in [4.69, 9.17) is 9.84 Å². The molecule has 0 saturated heterocycles. The molecule has 2 unspecified atom stereocenters. The Morgan fingerprint density at radius 2 is 1.78 bits per heavy atom. The summed E-state index contributed by atoms with van der Waals surface area (Å²) in [7, 11) is -1.47. The van der Waals surface area contributed by atoms with Gasteiger partial charge in [0.1, 0.15) is 22.7 Å². The summed E-state index contributed by atoms with van der Waals surface area (Å²) in [6.45, 7) is 1.46. The van der Waals surface area contributed by atoms with E-state index in [0.29, 0.717) is 37.1 Å². The van der Waals surface area contributed by atoms with Gasteiger partial charge >= 0.3 is 5.97 Å². The van der Waals surface area contributed by atoms with Gasteiger partial charge in [0.05, 0.1) is 23.0 Å². The van der Waals surface area contributed by atoms with Crippen molar-refractivity contribution in [2.24, 2.45) is 0 Å². The van der Waals surface area contributed by atoms with E-state index in [-0.39, 0.29) is 12.2 Å². The van der Waals surface area contributed by atoms with Gasteiger partial charge in [-0.25, -0.2) is 9.18 Å². The lowest BCUT2D eigenvalue weighted by atomic mass is 10.0. The second-order valence-corrected chi connectivity index (χ2v) is 10.3. The summed E-state index contributed by atoms with van der Waals surface area (Å²) < 4.78 is 32.3. The molecule has 2 atom stereocenters. The Bertz CT molecular complexity index is 1190. The molecule has 3 N–H and O–H groups in total. The second-order valence-electron chi connectivity index (χ2n) is 7.22. The number of hydrogen-bond acceptors (Lipinski definition) is 5. The van der Waals surface area contributed by atoms with Gasteiger partial charge in [-0.15, -0.1) is 0 Å². The van der Waals surface area contributed by atoms with E-state index in [2.05, 4.69) is 31.9 Å². The van der Waals surface area contributed by atoms with Gasteiger partial charge in [-0.3, -0.25) is 0 Å². The van der Waals surface area contributed by atoms with Crippen molar-refractivity contribution >= 4 is 46.3 Å². The van der Waals surface area contributed by atoms with E-state index < -0.39 is 31.2 Å². The van der Waals surface area contributed by atoms with Crippen LogP contribution in [0.1, 0.15) is 34.0 Å². The Morgan fingerprint density at radius 3 is 2.34 bits per heavy atom. The highest BCUT2D eigenvalue weighted by atomic mass is 79.9. The normalized spacial score (nSPS) is 13.3. The van der Waals surface area contributed by atoms with E-state index in [9.17, 15) is 24.0 Å². The van der Waals surface area contributed by atoms with Crippen LogP contribution in [0.3, 0.4) is 0 Å². The Balaban J connectivity index is 1.89. The maximum absolute atomic E-state index is 14.0. The topological polar surface area (TPSA) is 104 Å². The molecule has 0 fully saturated rings. The van der Waals surface area contributed by atoms with Crippen LogP contribution in [0.15, 0.2) is 57.5 Å². The van der Waals surface area contributed by atoms with Crippen LogP contribution in [-0.4, -0.2) is 21.3 Å². The fraction of sp³-hybridized carbons (Fsp3) is 0.136. The lowest BCUT2D eigenvalue weighted by molar-refractivity contribution is 0.0692. The summed E-state index contributed by atoms with van der Waals surface area (Å²) in [6, 6.07) is 11.6. The Morgan fingerprint density at radius 1 is 1.12 bits per heavy atom. The molecule has 0 amide bonds. The zero-order valence-corrected chi connectivity index (χ0v) is 20.9. The van der Waals surface area contributed by atoms with Crippen LogP contribution in [0.25, 0.3) is 0 Å². The predicted molar refractivity (Wildman–Crippen MR) is 126 cm³/mol. The number of benzene rings is 3. The van der Waals surface area contributed by atoms with Crippen molar-refractivity contribution in [1.82, 2.24) is 0 Å². The molecule has 168 valence electrons. The minimum absolute atomic E-state index is 0.0250. The number of aliphatic hydroxyl groups is 1. The number of hydrogen-bond donors (Lipinski definition) is 3. The number of carboxylic acid groups (broad SMARTS) is 1. The first kappa shape index (κ1) is 24.5. The molecule has 0 heterocycles. The van der Waals surface area contributed by atoms with Gasteiger partial charge in [0.15, 0.2) is 5.75 Å². The minimum atomic E-state index is -1.47. The lowest BCUT2D eigenvalue weighted by Crippen LogP contribution is -2.12. The molecular weight excluding hydrogens is 570 g/mol. The summed E-state index contributed by atoms with van der Waals surface area (Å²) in [6.07, 6.45) is 0.149. The maximum atomic E-state index is 14.0. The number of carbonyl (C=O) groups is 1. The van der Waals surface area contributed by atoms with Gasteiger partial charge in [0.25, 0.3) is 0 Å². The first-order chi connectivity index (χ1) is 15.0. The highest BCUT2D eigenvalue weighted by Crippen LogP contribution is 2.43. The number of ether oxygens (including phenoxy) is 1. The molecule has 0 saturated carbocycles. The lowest BCUT2D eigenvalue weighted by Gasteiger charge is -2.19. The fourth-order valence-corrected chi connectivity index (χ4v) is 4.62. The van der Waals surface area contributed by atoms with Crippen molar-refractivity contribution in [1.29, 1.82) is 0 Å². The average Bonchev–Trinajstić information content (AvgIpc) is 2.72. The van der Waals surface area contributed by atoms with Gasteiger partial charge in [-0.1, -0.05) is 6.07 Å². The van der Waals surface area contributed by atoms with Crippen molar-refractivity contribution in [2.45, 2.75) is 18.7 Å². The number of rotatable bonds is 7. The molecule has 0 aromatic heterocycles. The monoisotopic (exact) mass is 586 g/mol. The molecule has 0 aliphatic carbocycles. The first-order valence-electron chi connectivity index (χ1n) is 9.21. The zero-order valence-electron chi connectivity index (χ0n) is 16.6. The van der Waals surface area contributed by atoms with E-state index >= 15 is 0 Å². The summed E-state index contributed by atoms with van der Waals surface area (Å²) in [4.78, 5) is 11.0. The van der Waals surface area contributed by atoms with Crippen molar-refractivity contribution in [3.05, 3.63) is 85.5 Å². The van der Waals surface area contributed by atoms with Crippen molar-refractivity contribution in [3.63, 3.8) is 0 Å². The quantitative estimate of drug-likeness (QED) is 0.290. The average molecular weight is 588 g/mol. The van der Waals surface area contributed by atoms with E-state index in [1.54, 1.807) is 24.3 Å². The molecule has 3 rings (SSSR count). The fourth-order valence-electron chi connectivity index (χ4n) is 2.96. The number of aromatic carboxylic acids is 1. The molecule has 0 aliphatic rings. The summed E-state index contributed by atoms with van der Waals surface area (Å²) >= 11 is 6.78. The Hall–Kier alpha value is -2.19. The molecule has 3 aromatic rings. The zero-order chi connectivity index (χ0) is 23.6. The first-order valence-corrected chi connectivity index (χ1v) is 11.8. The summed E-state index contributed by atoms with van der Waals surface area (Å²) in [5.74, 6) is -1.45. The van der Waals surface area contributed by atoms with Crippen LogP contribution in [0.5, 0.6) is 17.2 Å². The van der Waals surface area contributed by atoms with Crippen molar-refractivity contribution in [2.75, 3.05) is 0 Å². The van der Waals surface area contributed by atoms with Crippen LogP contribution in [0.4, 0.5) is 4.39 Å². The van der Waals surface area contributed by atoms with E-state index in [1.165, 1.54) is 25.1 Å². The van der Waals surface area contributed by atoms with Gasteiger partial charge < -0.3 is 24.6 Å². The van der Waals surface area contributed by atoms with Crippen LogP contribution < -0.4 is 4.74 Å². The highest BCUT2D eigenvalue weighted by molar-refractivity contribution is 9.11. The molecular formula is C22H18Br2FO6P. The molecule has 32 heavy (non-hydrogen) atoms. The van der Waals surface area contributed by atoms with E-state index in [0.717, 1.165) is 6.07 Å². The Kier molecular flexibility index (Phi) is 7.45. The summed E-state index contributed by atoms with van der Waals surface area (Å²) in [5, 5.41) is 28.0. The molecule has 0 aliphatic heterocycles. The van der Waals surface area contributed by atoms with Gasteiger partial charge in [0, 0.05) is 12.0 Å². The molecule has 0 radical (unpaired) electrons. The SMILES string of the molecule is CC(O)([PH2]=O)c1cc(Br)c(Oc2ccc(O)c(Cc3ccc(C(=O)O)c(F)c3)c2)c(Br)c1. The third-order valence-electron chi connectivity index (χ3n) is 4.74. The second kappa shape index (κ2) is 9.75. The third-order valence-corrected chi connectivity index (χ3v) is 6.71. The van der Waals surface area contributed by atoms with Gasteiger partial charge in [-0.05, 0) is 92.4 Å². The standard InChI is InChI=1S/C22H18Br2FO6P/c1-22(29,32-30)13-9-16(23)20(17(24)10-13)31-14-3-5-19(26)12(8-14)6-11-2-4-15(21(27)28)18(25)7-11/h2-5,7-10,26,29H,6,32H2,1H3,(H,27,28). The number of carboxylic acids is 1. The number of phenols is 1. The van der Waals surface area contributed by atoms with Crippen molar-refractivity contribution in [3.8, 4) is 17.2 Å². The number of phenolic OH excluding ortho intramolecular Hbond substituents is 1. The van der Waals surface area contributed by atoms with Gasteiger partial charge in [-0.2, -0.15) is 0 Å². The third kappa shape index (κ3) is 5.41. The predicted octanol–water partition coefficient (Wildman–Crippen LogP) is 6.06. The van der Waals surface area contributed by atoms with Crippen molar-refractivity contribution < 1.29 is 33.8 Å². The van der Waals surface area contributed by atoms with Gasteiger partial charge in [0.2, 0.25) is 0 Å². The number of halogens is 3. The summed E-state index contributed by atoms with van der Waals surface area (Å²) in [5.41, 5.74) is 0.957.